The molecule has 4 N–H and O–H groups in total. The van der Waals surface area contributed by atoms with E-state index in [9.17, 15) is 9.90 Å². The number of aromatic nitrogens is 2. The third-order valence-corrected chi connectivity index (χ3v) is 5.35. The topological polar surface area (TPSA) is 96.4 Å². The summed E-state index contributed by atoms with van der Waals surface area (Å²) in [4.78, 5) is 14.4. The van der Waals surface area contributed by atoms with Gasteiger partial charge in [-0.3, -0.25) is 14.4 Å². The zero-order valence-electron chi connectivity index (χ0n) is 15.0. The van der Waals surface area contributed by atoms with E-state index in [1.54, 1.807) is 0 Å². The normalized spacial score (nSPS) is 20.7. The number of hydrogen-bond donors (Lipinski definition) is 3. The fourth-order valence-electron chi connectivity index (χ4n) is 3.95. The summed E-state index contributed by atoms with van der Waals surface area (Å²) in [6.45, 7) is 3.55. The molecule has 7 heteroatoms. The highest BCUT2D eigenvalue weighted by Crippen LogP contribution is 2.25. The molecule has 3 rings (SSSR count). The van der Waals surface area contributed by atoms with Crippen molar-refractivity contribution in [3.8, 4) is 0 Å². The Bertz CT molecular complexity index is 568. The van der Waals surface area contributed by atoms with Crippen LogP contribution in [0.5, 0.6) is 0 Å². The Morgan fingerprint density at radius 3 is 2.88 bits per heavy atom. The number of nitrogens with zero attached hydrogens (tertiary/aromatic N) is 3. The highest BCUT2D eigenvalue weighted by molar-refractivity contribution is 5.76. The Hall–Kier alpha value is -1.44. The number of rotatable bonds is 6. The Balaban J connectivity index is 1.56. The Morgan fingerprint density at radius 1 is 1.32 bits per heavy atom. The summed E-state index contributed by atoms with van der Waals surface area (Å²) in [5.41, 5.74) is 7.46. The maximum Gasteiger partial charge on any atom is 0.222 e. The second-order valence-electron chi connectivity index (χ2n) is 7.34. The van der Waals surface area contributed by atoms with E-state index in [0.717, 1.165) is 37.8 Å². The maximum atomic E-state index is 11.8. The summed E-state index contributed by atoms with van der Waals surface area (Å²) < 4.78 is 2.10. The molecule has 2 heterocycles. The van der Waals surface area contributed by atoms with Gasteiger partial charge in [-0.1, -0.05) is 19.3 Å². The van der Waals surface area contributed by atoms with Crippen LogP contribution in [0.3, 0.4) is 0 Å². The van der Waals surface area contributed by atoms with Crippen molar-refractivity contribution in [1.82, 2.24) is 20.0 Å². The van der Waals surface area contributed by atoms with Gasteiger partial charge in [0.15, 0.2) is 0 Å². The fourth-order valence-corrected chi connectivity index (χ4v) is 3.95. The first kappa shape index (κ1) is 18.4. The van der Waals surface area contributed by atoms with Crippen molar-refractivity contribution < 1.29 is 9.90 Å². The van der Waals surface area contributed by atoms with Crippen LogP contribution in [0.2, 0.25) is 0 Å². The van der Waals surface area contributed by atoms with Crippen molar-refractivity contribution in [1.29, 1.82) is 0 Å². The second-order valence-corrected chi connectivity index (χ2v) is 7.34. The van der Waals surface area contributed by atoms with Crippen molar-refractivity contribution in [3.63, 3.8) is 0 Å². The molecule has 0 saturated heterocycles. The van der Waals surface area contributed by atoms with E-state index in [-0.39, 0.29) is 18.9 Å². The number of nitrogens with one attached hydrogen (secondary N) is 1. The number of aliphatic hydroxyl groups excluding tert-OH is 1. The third kappa shape index (κ3) is 5.03. The van der Waals surface area contributed by atoms with Crippen molar-refractivity contribution >= 4 is 5.91 Å². The Labute approximate surface area is 149 Å². The van der Waals surface area contributed by atoms with Gasteiger partial charge in [-0.25, -0.2) is 0 Å². The molecular formula is C18H31N5O2. The minimum absolute atomic E-state index is 0.0412. The van der Waals surface area contributed by atoms with E-state index in [2.05, 4.69) is 26.1 Å². The number of aliphatic hydroxyl groups is 1. The first-order valence-electron chi connectivity index (χ1n) is 9.60. The van der Waals surface area contributed by atoms with Gasteiger partial charge < -0.3 is 16.2 Å². The average Bonchev–Trinajstić information content (AvgIpc) is 2.91. The molecule has 1 fully saturated rings. The van der Waals surface area contributed by atoms with Gasteiger partial charge in [-0.05, 0) is 25.3 Å². The lowest BCUT2D eigenvalue weighted by Gasteiger charge is -2.33. The van der Waals surface area contributed by atoms with Crippen molar-refractivity contribution in [2.45, 2.75) is 76.7 Å². The zero-order valence-corrected chi connectivity index (χ0v) is 15.0. The molecule has 1 aliphatic carbocycles. The molecule has 1 saturated carbocycles. The van der Waals surface area contributed by atoms with Crippen LogP contribution in [0.25, 0.3) is 0 Å². The number of nitrogens with two attached hydrogens (primary N) is 1. The van der Waals surface area contributed by atoms with Gasteiger partial charge >= 0.3 is 0 Å². The van der Waals surface area contributed by atoms with E-state index in [4.69, 9.17) is 5.73 Å². The minimum atomic E-state index is -0.775. The minimum Gasteiger partial charge on any atom is -0.391 e. The van der Waals surface area contributed by atoms with Gasteiger partial charge in [-0.15, -0.1) is 0 Å². The summed E-state index contributed by atoms with van der Waals surface area (Å²) in [6.07, 6.45) is 7.12. The van der Waals surface area contributed by atoms with Crippen LogP contribution in [0.15, 0.2) is 6.07 Å². The Kier molecular flexibility index (Phi) is 6.45. The van der Waals surface area contributed by atoms with E-state index >= 15 is 0 Å². The highest BCUT2D eigenvalue weighted by atomic mass is 16.3. The van der Waals surface area contributed by atoms with E-state index in [1.807, 2.05) is 0 Å². The lowest BCUT2D eigenvalue weighted by molar-refractivity contribution is -0.123. The zero-order chi connectivity index (χ0) is 17.6. The largest absolute Gasteiger partial charge is 0.391 e. The van der Waals surface area contributed by atoms with Gasteiger partial charge in [0.1, 0.15) is 0 Å². The van der Waals surface area contributed by atoms with Crippen LogP contribution >= 0.6 is 0 Å². The first-order chi connectivity index (χ1) is 12.2. The molecule has 1 atom stereocenters. The maximum absolute atomic E-state index is 11.8. The average molecular weight is 349 g/mol. The first-order valence-corrected chi connectivity index (χ1v) is 9.60. The van der Waals surface area contributed by atoms with Crippen molar-refractivity contribution in [3.05, 3.63) is 17.5 Å². The molecule has 0 aromatic carbocycles. The molecule has 25 heavy (non-hydrogen) atoms. The molecule has 0 radical (unpaired) electrons. The second kappa shape index (κ2) is 8.78. The molecule has 1 amide bonds. The summed E-state index contributed by atoms with van der Waals surface area (Å²) in [5.74, 6) is -0.190. The lowest BCUT2D eigenvalue weighted by atomic mass is 9.94. The fraction of sp³-hybridized carbons (Fsp3) is 0.778. The van der Waals surface area contributed by atoms with Gasteiger partial charge in [0.05, 0.1) is 30.5 Å². The third-order valence-electron chi connectivity index (χ3n) is 5.35. The smallest absolute Gasteiger partial charge is 0.222 e. The summed E-state index contributed by atoms with van der Waals surface area (Å²) >= 11 is 0. The van der Waals surface area contributed by atoms with Crippen LogP contribution in [0.4, 0.5) is 0 Å². The summed E-state index contributed by atoms with van der Waals surface area (Å²) in [5, 5.41) is 16.9. The van der Waals surface area contributed by atoms with Gasteiger partial charge in [0.2, 0.25) is 5.91 Å². The monoisotopic (exact) mass is 349 g/mol. The quantitative estimate of drug-likeness (QED) is 0.704. The molecule has 0 unspecified atom stereocenters. The molecule has 1 aliphatic heterocycles. The SMILES string of the molecule is NC[C@@H](O)CC(=O)NCc1cc2n(n1)CCCN(C1CCCCC1)C2. The van der Waals surface area contributed by atoms with Gasteiger partial charge in [-0.2, -0.15) is 5.10 Å². The van der Waals surface area contributed by atoms with E-state index in [1.165, 1.54) is 37.8 Å². The number of fused-ring (bicyclic) bond motifs is 1. The number of amides is 1. The van der Waals surface area contributed by atoms with E-state index < -0.39 is 6.10 Å². The molecule has 140 valence electrons. The Morgan fingerprint density at radius 2 is 2.12 bits per heavy atom. The molecule has 1 aromatic heterocycles. The molecular weight excluding hydrogens is 318 g/mol. The van der Waals surface area contributed by atoms with Gasteiger partial charge in [0, 0.05) is 32.2 Å². The molecule has 7 nitrogen and oxygen atoms in total. The number of carbonyl (C=O) groups excluding carboxylic acids is 1. The highest BCUT2D eigenvalue weighted by Gasteiger charge is 2.24. The van der Waals surface area contributed by atoms with Crippen LogP contribution in [0, 0.1) is 0 Å². The predicted molar refractivity (Wildman–Crippen MR) is 95.7 cm³/mol. The number of aryl methyl sites for hydroxylation is 1. The molecule has 0 spiro atoms. The lowest BCUT2D eigenvalue weighted by Crippen LogP contribution is -2.36. The number of hydrogen-bond acceptors (Lipinski definition) is 5. The summed E-state index contributed by atoms with van der Waals surface area (Å²) in [7, 11) is 0. The molecule has 2 aliphatic rings. The van der Waals surface area contributed by atoms with Crippen LogP contribution in [-0.2, 0) is 24.4 Å². The van der Waals surface area contributed by atoms with Gasteiger partial charge in [0.25, 0.3) is 0 Å². The molecule has 0 bridgehead atoms. The predicted octanol–water partition coefficient (Wildman–Crippen LogP) is 0.747. The van der Waals surface area contributed by atoms with Crippen molar-refractivity contribution in [2.75, 3.05) is 13.1 Å². The molecule has 1 aromatic rings. The van der Waals surface area contributed by atoms with E-state index in [0.29, 0.717) is 6.54 Å². The standard InChI is InChI=1S/C18H31N5O2/c19-11-17(24)10-18(25)20-12-14-9-16-13-22(7-4-8-23(16)21-14)15-5-2-1-3-6-15/h9,15,17,24H,1-8,10-13,19H2,(H,20,25)/t17-/m0/s1. The van der Waals surface area contributed by atoms with Crippen LogP contribution < -0.4 is 11.1 Å². The summed E-state index contributed by atoms with van der Waals surface area (Å²) in [6, 6.07) is 2.83. The van der Waals surface area contributed by atoms with Crippen molar-refractivity contribution in [2.24, 2.45) is 5.73 Å². The van der Waals surface area contributed by atoms with Crippen LogP contribution in [-0.4, -0.2) is 50.9 Å². The van der Waals surface area contributed by atoms with Crippen LogP contribution in [0.1, 0.15) is 56.3 Å². The number of carbonyl (C=O) groups is 1.